The van der Waals surface area contributed by atoms with E-state index in [1.54, 1.807) is 0 Å². The van der Waals surface area contributed by atoms with E-state index in [4.69, 9.17) is 4.74 Å². The Balaban J connectivity index is 2.11. The van der Waals surface area contributed by atoms with Gasteiger partial charge in [-0.05, 0) is 67.6 Å². The minimum Gasteiger partial charge on any atom is -0.465 e. The Morgan fingerprint density at radius 1 is 1.24 bits per heavy atom. The molecule has 2 aliphatic rings. The summed E-state index contributed by atoms with van der Waals surface area (Å²) in [6.07, 6.45) is 9.21. The highest BCUT2D eigenvalue weighted by atomic mass is 16.5. The molecule has 21 heavy (non-hydrogen) atoms. The number of ether oxygens (including phenoxy) is 1. The zero-order chi connectivity index (χ0) is 15.7. The minimum atomic E-state index is 0.0651. The first-order chi connectivity index (χ1) is 9.81. The van der Waals surface area contributed by atoms with Gasteiger partial charge in [0.05, 0.1) is 6.10 Å². The van der Waals surface area contributed by atoms with E-state index in [1.165, 1.54) is 38.5 Å². The summed E-state index contributed by atoms with van der Waals surface area (Å²) in [5.74, 6) is 2.46. The summed E-state index contributed by atoms with van der Waals surface area (Å²) >= 11 is 0. The monoisotopic (exact) mass is 294 g/mol. The lowest BCUT2D eigenvalue weighted by Crippen LogP contribution is -2.51. The molecule has 2 saturated carbocycles. The van der Waals surface area contributed by atoms with Crippen LogP contribution in [0.1, 0.15) is 79.6 Å². The third-order valence-corrected chi connectivity index (χ3v) is 6.89. The van der Waals surface area contributed by atoms with Gasteiger partial charge in [-0.25, -0.2) is 0 Å². The van der Waals surface area contributed by atoms with E-state index < -0.39 is 0 Å². The van der Waals surface area contributed by atoms with Gasteiger partial charge in [0.2, 0.25) is 0 Å². The van der Waals surface area contributed by atoms with Crippen LogP contribution in [0.25, 0.3) is 0 Å². The molecule has 0 aromatic rings. The first kappa shape index (κ1) is 16.8. The largest absolute Gasteiger partial charge is 0.465 e. The number of hydrogen-bond donors (Lipinski definition) is 0. The molecular formula is C19H34O2. The van der Waals surface area contributed by atoms with Crippen molar-refractivity contribution in [1.82, 2.24) is 0 Å². The first-order valence-electron chi connectivity index (χ1n) is 8.90. The fourth-order valence-corrected chi connectivity index (χ4v) is 5.80. The van der Waals surface area contributed by atoms with E-state index in [9.17, 15) is 4.79 Å². The SMILES string of the molecule is CC(CC[C@H]1C(C)CC[C@H]2C(C)(C)CCC[C@]12C)OC=O. The lowest BCUT2D eigenvalue weighted by molar-refractivity contribution is -0.134. The Labute approximate surface area is 131 Å². The van der Waals surface area contributed by atoms with Crippen LogP contribution in [0.3, 0.4) is 0 Å². The van der Waals surface area contributed by atoms with Crippen molar-refractivity contribution >= 4 is 6.47 Å². The van der Waals surface area contributed by atoms with E-state index in [0.717, 1.165) is 24.2 Å². The van der Waals surface area contributed by atoms with Crippen LogP contribution in [-0.2, 0) is 9.53 Å². The van der Waals surface area contributed by atoms with Crippen molar-refractivity contribution in [2.45, 2.75) is 85.7 Å². The lowest BCUT2D eigenvalue weighted by Gasteiger charge is -2.59. The molecule has 0 aliphatic heterocycles. The van der Waals surface area contributed by atoms with Gasteiger partial charge in [-0.3, -0.25) is 4.79 Å². The van der Waals surface area contributed by atoms with Gasteiger partial charge in [0, 0.05) is 0 Å². The van der Waals surface area contributed by atoms with Gasteiger partial charge in [0.25, 0.3) is 6.47 Å². The predicted molar refractivity (Wildman–Crippen MR) is 87.0 cm³/mol. The van der Waals surface area contributed by atoms with Crippen LogP contribution in [0.4, 0.5) is 0 Å². The van der Waals surface area contributed by atoms with E-state index in [1.807, 2.05) is 6.92 Å². The van der Waals surface area contributed by atoms with Crippen molar-refractivity contribution in [3.8, 4) is 0 Å². The molecule has 2 heteroatoms. The van der Waals surface area contributed by atoms with E-state index >= 15 is 0 Å². The second kappa shape index (κ2) is 6.30. The summed E-state index contributed by atoms with van der Waals surface area (Å²) in [5.41, 5.74) is 0.983. The van der Waals surface area contributed by atoms with Crippen molar-refractivity contribution < 1.29 is 9.53 Å². The molecule has 5 atom stereocenters. The second-order valence-electron chi connectivity index (χ2n) is 8.68. The molecule has 0 saturated heterocycles. The molecule has 0 aromatic carbocycles. The van der Waals surface area contributed by atoms with Crippen LogP contribution in [0.2, 0.25) is 0 Å². The van der Waals surface area contributed by atoms with Crippen LogP contribution in [0, 0.1) is 28.6 Å². The Morgan fingerprint density at radius 2 is 1.95 bits per heavy atom. The van der Waals surface area contributed by atoms with E-state index in [2.05, 4.69) is 27.7 Å². The average Bonchev–Trinajstić information content (AvgIpc) is 2.37. The Morgan fingerprint density at radius 3 is 2.62 bits per heavy atom. The predicted octanol–water partition coefficient (Wildman–Crippen LogP) is 5.21. The molecule has 0 N–H and O–H groups in total. The summed E-state index contributed by atoms with van der Waals surface area (Å²) in [6, 6.07) is 0. The summed E-state index contributed by atoms with van der Waals surface area (Å²) < 4.78 is 5.10. The van der Waals surface area contributed by atoms with Crippen molar-refractivity contribution in [2.24, 2.45) is 28.6 Å². The lowest BCUT2D eigenvalue weighted by atomic mass is 9.46. The Bertz CT molecular complexity index is 363. The van der Waals surface area contributed by atoms with Crippen LogP contribution in [0.5, 0.6) is 0 Å². The van der Waals surface area contributed by atoms with Crippen molar-refractivity contribution in [3.63, 3.8) is 0 Å². The zero-order valence-electron chi connectivity index (χ0n) is 14.7. The van der Waals surface area contributed by atoms with Gasteiger partial charge in [-0.1, -0.05) is 40.5 Å². The summed E-state index contributed by atoms with van der Waals surface area (Å²) in [5, 5.41) is 0. The van der Waals surface area contributed by atoms with Crippen LogP contribution in [0.15, 0.2) is 0 Å². The van der Waals surface area contributed by atoms with Crippen LogP contribution in [-0.4, -0.2) is 12.6 Å². The molecule has 2 aliphatic carbocycles. The highest BCUT2D eigenvalue weighted by Crippen LogP contribution is 2.62. The number of rotatable bonds is 5. The molecule has 2 fully saturated rings. The molecule has 0 spiro atoms. The smallest absolute Gasteiger partial charge is 0.293 e. The molecule has 2 unspecified atom stereocenters. The molecule has 0 heterocycles. The van der Waals surface area contributed by atoms with Gasteiger partial charge in [0.15, 0.2) is 0 Å². The van der Waals surface area contributed by atoms with Gasteiger partial charge >= 0.3 is 0 Å². The van der Waals surface area contributed by atoms with Gasteiger partial charge < -0.3 is 4.74 Å². The summed E-state index contributed by atoms with van der Waals surface area (Å²) in [7, 11) is 0. The number of carbonyl (C=O) groups is 1. The van der Waals surface area contributed by atoms with Crippen molar-refractivity contribution in [3.05, 3.63) is 0 Å². The molecule has 0 amide bonds. The van der Waals surface area contributed by atoms with Crippen molar-refractivity contribution in [2.75, 3.05) is 0 Å². The van der Waals surface area contributed by atoms with E-state index in [-0.39, 0.29) is 6.10 Å². The molecular weight excluding hydrogens is 260 g/mol. The highest BCUT2D eigenvalue weighted by molar-refractivity contribution is 5.37. The number of hydrogen-bond acceptors (Lipinski definition) is 2. The number of carbonyl (C=O) groups excluding carboxylic acids is 1. The molecule has 122 valence electrons. The van der Waals surface area contributed by atoms with Crippen LogP contribution < -0.4 is 0 Å². The molecule has 0 radical (unpaired) electrons. The first-order valence-corrected chi connectivity index (χ1v) is 8.90. The molecule has 0 aromatic heterocycles. The molecule has 0 bridgehead atoms. The van der Waals surface area contributed by atoms with E-state index in [0.29, 0.717) is 17.3 Å². The number of fused-ring (bicyclic) bond motifs is 1. The normalized spacial score (nSPS) is 40.1. The maximum Gasteiger partial charge on any atom is 0.293 e. The summed E-state index contributed by atoms with van der Waals surface area (Å²) in [4.78, 5) is 10.5. The Kier molecular flexibility index (Phi) is 5.05. The van der Waals surface area contributed by atoms with Crippen molar-refractivity contribution in [1.29, 1.82) is 0 Å². The zero-order valence-corrected chi connectivity index (χ0v) is 14.7. The van der Waals surface area contributed by atoms with Crippen LogP contribution >= 0.6 is 0 Å². The Hall–Kier alpha value is -0.530. The summed E-state index contributed by atoms with van der Waals surface area (Å²) in [6.45, 7) is 12.6. The standard InChI is InChI=1S/C19H34O2/c1-14-7-10-17-18(3,4)11-6-12-19(17,5)16(14)9-8-15(2)21-13-20/h13-17H,6-12H2,1-5H3/t14?,15?,16-,17-,19+/m0/s1. The van der Waals surface area contributed by atoms with Gasteiger partial charge in [0.1, 0.15) is 0 Å². The third-order valence-electron chi connectivity index (χ3n) is 6.89. The maximum absolute atomic E-state index is 10.5. The minimum absolute atomic E-state index is 0.0651. The quantitative estimate of drug-likeness (QED) is 0.651. The molecule has 2 rings (SSSR count). The second-order valence-corrected chi connectivity index (χ2v) is 8.68. The third kappa shape index (κ3) is 3.29. The maximum atomic E-state index is 10.5. The topological polar surface area (TPSA) is 26.3 Å². The van der Waals surface area contributed by atoms with Gasteiger partial charge in [-0.15, -0.1) is 0 Å². The molecule has 2 nitrogen and oxygen atoms in total. The van der Waals surface area contributed by atoms with Gasteiger partial charge in [-0.2, -0.15) is 0 Å². The fraction of sp³-hybridized carbons (Fsp3) is 0.947. The highest BCUT2D eigenvalue weighted by Gasteiger charge is 2.53. The average molecular weight is 294 g/mol. The fourth-order valence-electron chi connectivity index (χ4n) is 5.80.